The summed E-state index contributed by atoms with van der Waals surface area (Å²) in [5.74, 6) is 0.257. The first kappa shape index (κ1) is 29.5. The number of hydrogen-bond donors (Lipinski definition) is 4. The highest BCUT2D eigenvalue weighted by Gasteiger charge is 2.22. The monoisotopic (exact) mass is 599 g/mol. The fourth-order valence-corrected chi connectivity index (χ4v) is 4.71. The molecule has 1 atom stereocenters. The van der Waals surface area contributed by atoms with Crippen LogP contribution in [0.2, 0.25) is 5.02 Å². The predicted octanol–water partition coefficient (Wildman–Crippen LogP) is 3.79. The molecule has 3 aromatic carbocycles. The molecule has 0 spiro atoms. The molecule has 220 valence electrons. The lowest BCUT2D eigenvalue weighted by atomic mass is 10.1. The molecule has 1 unspecified atom stereocenters. The van der Waals surface area contributed by atoms with Gasteiger partial charge in [-0.3, -0.25) is 14.3 Å². The first-order valence-electron chi connectivity index (χ1n) is 13.4. The molecule has 2 aromatic heterocycles. The lowest BCUT2D eigenvalue weighted by molar-refractivity contribution is 0.102. The number of amides is 1. The van der Waals surface area contributed by atoms with E-state index in [1.54, 1.807) is 85.5 Å². The molecule has 0 radical (unpaired) electrons. The summed E-state index contributed by atoms with van der Waals surface area (Å²) in [6.07, 6.45) is 0.809. The van der Waals surface area contributed by atoms with Crippen LogP contribution in [0.5, 0.6) is 5.75 Å². The molecule has 0 aliphatic carbocycles. The van der Waals surface area contributed by atoms with Crippen LogP contribution < -0.4 is 27.1 Å². The molecule has 6 N–H and O–H groups in total. The summed E-state index contributed by atoms with van der Waals surface area (Å²) in [5, 5.41) is 13.0. The Morgan fingerprint density at radius 3 is 2.56 bits per heavy atom. The van der Waals surface area contributed by atoms with Crippen LogP contribution in [0.15, 0.2) is 83.8 Å². The number of benzene rings is 3. The molecule has 0 fully saturated rings. The first-order chi connectivity index (χ1) is 20.7. The van der Waals surface area contributed by atoms with Crippen LogP contribution in [0.25, 0.3) is 28.2 Å². The van der Waals surface area contributed by atoms with Crippen LogP contribution in [0.4, 0.5) is 11.5 Å². The Morgan fingerprint density at radius 2 is 1.84 bits per heavy atom. The van der Waals surface area contributed by atoms with Crippen LogP contribution >= 0.6 is 11.6 Å². The van der Waals surface area contributed by atoms with Gasteiger partial charge in [-0.05, 0) is 49.4 Å². The van der Waals surface area contributed by atoms with E-state index in [9.17, 15) is 14.7 Å². The van der Waals surface area contributed by atoms with Gasteiger partial charge in [0.2, 0.25) is 0 Å². The molecule has 0 aliphatic heterocycles. The Labute approximate surface area is 252 Å². The second-order valence-electron chi connectivity index (χ2n) is 9.83. The number of hydrogen-bond acceptors (Lipinski definition) is 8. The van der Waals surface area contributed by atoms with E-state index in [1.807, 2.05) is 12.1 Å². The number of carbonyl (C=O) groups excluding carboxylic acids is 1. The van der Waals surface area contributed by atoms with Crippen molar-refractivity contribution in [3.05, 3.63) is 106 Å². The molecule has 43 heavy (non-hydrogen) atoms. The fraction of sp³-hybridized carbons (Fsp3) is 0.161. The van der Waals surface area contributed by atoms with Crippen LogP contribution in [0.3, 0.4) is 0 Å². The quantitative estimate of drug-likeness (QED) is 0.199. The van der Waals surface area contributed by atoms with Crippen molar-refractivity contribution in [1.82, 2.24) is 19.3 Å². The Kier molecular flexibility index (Phi) is 8.58. The molecule has 5 rings (SSSR count). The van der Waals surface area contributed by atoms with Gasteiger partial charge in [-0.25, -0.2) is 14.6 Å². The number of halogens is 1. The maximum absolute atomic E-state index is 13.3. The van der Waals surface area contributed by atoms with Crippen LogP contribution in [-0.4, -0.2) is 49.6 Å². The largest absolute Gasteiger partial charge is 0.491 e. The van der Waals surface area contributed by atoms with Crippen molar-refractivity contribution in [3.63, 3.8) is 0 Å². The summed E-state index contributed by atoms with van der Waals surface area (Å²) in [4.78, 5) is 35.5. The number of nitrogens with two attached hydrogens (primary N) is 2. The van der Waals surface area contributed by atoms with E-state index >= 15 is 0 Å². The number of ether oxygens (including phenoxy) is 1. The van der Waals surface area contributed by atoms with Crippen LogP contribution in [0.1, 0.15) is 16.1 Å². The van der Waals surface area contributed by atoms with Gasteiger partial charge in [-0.1, -0.05) is 41.9 Å². The number of carbonyl (C=O) groups is 1. The number of nitrogens with one attached hydrogen (secondary N) is 1. The van der Waals surface area contributed by atoms with Gasteiger partial charge >= 0.3 is 0 Å². The van der Waals surface area contributed by atoms with Gasteiger partial charge in [0.1, 0.15) is 35.5 Å². The van der Waals surface area contributed by atoms with E-state index in [4.69, 9.17) is 32.8 Å². The number of nitrogen functional groups attached to an aromatic ring is 1. The van der Waals surface area contributed by atoms with Crippen molar-refractivity contribution in [2.45, 2.75) is 13.0 Å². The molecule has 0 aliphatic rings. The SMILES string of the molecule is Cc1c(C(=O)Nc2ccc(-c3nc(-c4cccc(OCC(O)CN)c4)cnc3N)cc2)c(=O)n(-c2cccc(Cl)c2)n1C. The minimum atomic E-state index is -0.760. The summed E-state index contributed by atoms with van der Waals surface area (Å²) in [6, 6.07) is 21.0. The molecule has 0 saturated heterocycles. The van der Waals surface area contributed by atoms with Gasteiger partial charge < -0.3 is 26.6 Å². The summed E-state index contributed by atoms with van der Waals surface area (Å²) in [5.41, 5.74) is 15.2. The number of anilines is 2. The Hall–Kier alpha value is -4.97. The average Bonchev–Trinajstić information content (AvgIpc) is 3.23. The maximum atomic E-state index is 13.3. The van der Waals surface area contributed by atoms with Crippen LogP contribution in [0, 0.1) is 6.92 Å². The lowest BCUT2D eigenvalue weighted by Crippen LogP contribution is -2.26. The van der Waals surface area contributed by atoms with Gasteiger partial charge in [0.15, 0.2) is 0 Å². The van der Waals surface area contributed by atoms with Crippen LogP contribution in [-0.2, 0) is 7.05 Å². The maximum Gasteiger partial charge on any atom is 0.284 e. The van der Waals surface area contributed by atoms with Gasteiger partial charge in [0, 0.05) is 35.4 Å². The minimum absolute atomic E-state index is 0.0260. The molecule has 1 amide bonds. The smallest absolute Gasteiger partial charge is 0.284 e. The normalized spacial score (nSPS) is 11.7. The number of nitrogens with zero attached hydrogens (tertiary/aromatic N) is 4. The molecule has 5 aromatic rings. The number of rotatable bonds is 9. The Morgan fingerprint density at radius 1 is 1.09 bits per heavy atom. The van der Waals surface area contributed by atoms with Gasteiger partial charge in [0.25, 0.3) is 11.5 Å². The second-order valence-corrected chi connectivity index (χ2v) is 10.3. The van der Waals surface area contributed by atoms with Crippen molar-refractivity contribution in [3.8, 4) is 34.0 Å². The fourth-order valence-electron chi connectivity index (χ4n) is 4.53. The third-order valence-electron chi connectivity index (χ3n) is 6.89. The summed E-state index contributed by atoms with van der Waals surface area (Å²) >= 11 is 6.12. The van der Waals surface area contributed by atoms with E-state index in [0.717, 1.165) is 5.56 Å². The van der Waals surface area contributed by atoms with Crippen molar-refractivity contribution in [2.75, 3.05) is 24.2 Å². The minimum Gasteiger partial charge on any atom is -0.491 e. The first-order valence-corrected chi connectivity index (χ1v) is 13.7. The van der Waals surface area contributed by atoms with Gasteiger partial charge in [-0.2, -0.15) is 0 Å². The highest BCUT2D eigenvalue weighted by molar-refractivity contribution is 6.30. The van der Waals surface area contributed by atoms with Gasteiger partial charge in [-0.15, -0.1) is 0 Å². The lowest BCUT2D eigenvalue weighted by Gasteiger charge is -2.12. The number of aliphatic hydroxyl groups excluding tert-OH is 1. The van der Waals surface area contributed by atoms with Crippen molar-refractivity contribution < 1.29 is 14.6 Å². The zero-order valence-corrected chi connectivity index (χ0v) is 24.2. The zero-order chi connectivity index (χ0) is 30.7. The van der Waals surface area contributed by atoms with E-state index in [-0.39, 0.29) is 24.5 Å². The van der Waals surface area contributed by atoms with Crippen molar-refractivity contribution >= 4 is 29.0 Å². The van der Waals surface area contributed by atoms with E-state index in [2.05, 4.69) is 10.3 Å². The third kappa shape index (κ3) is 6.28. The third-order valence-corrected chi connectivity index (χ3v) is 7.13. The highest BCUT2D eigenvalue weighted by atomic mass is 35.5. The van der Waals surface area contributed by atoms with E-state index in [1.165, 1.54) is 4.68 Å². The molecule has 0 saturated carbocycles. The average molecular weight is 600 g/mol. The molecular formula is C31H30ClN7O4. The van der Waals surface area contributed by atoms with Crippen molar-refractivity contribution in [1.29, 1.82) is 0 Å². The molecule has 12 heteroatoms. The molecule has 2 heterocycles. The topological polar surface area (TPSA) is 163 Å². The zero-order valence-electron chi connectivity index (χ0n) is 23.5. The number of aromatic nitrogens is 4. The van der Waals surface area contributed by atoms with E-state index < -0.39 is 17.6 Å². The summed E-state index contributed by atoms with van der Waals surface area (Å²) in [7, 11) is 1.71. The summed E-state index contributed by atoms with van der Waals surface area (Å²) < 4.78 is 8.64. The molecule has 11 nitrogen and oxygen atoms in total. The van der Waals surface area contributed by atoms with Gasteiger partial charge in [0.05, 0.1) is 23.3 Å². The number of aliphatic hydroxyl groups is 1. The second kappa shape index (κ2) is 12.5. The molecule has 0 bridgehead atoms. The van der Waals surface area contributed by atoms with Crippen molar-refractivity contribution in [2.24, 2.45) is 12.8 Å². The van der Waals surface area contributed by atoms with E-state index in [0.29, 0.717) is 44.8 Å². The molecular weight excluding hydrogens is 570 g/mol. The standard InChI is InChI=1S/C31H30ClN7O4/c1-18-27(31(42)39(38(18)2)23-7-4-6-21(32)14-23)30(41)36-22-11-9-19(10-12-22)28-29(34)35-16-26(37-28)20-5-3-8-25(13-20)43-17-24(40)15-33/h3-14,16,24,40H,15,17,33H2,1-2H3,(H2,34,35)(H,36,41). The predicted molar refractivity (Wildman–Crippen MR) is 167 cm³/mol. The Balaban J connectivity index is 1.36. The summed E-state index contributed by atoms with van der Waals surface area (Å²) in [6.45, 7) is 1.88. The highest BCUT2D eigenvalue weighted by Crippen LogP contribution is 2.29. The Bertz CT molecular complexity index is 1850.